The van der Waals surface area contributed by atoms with Gasteiger partial charge in [0.25, 0.3) is 0 Å². The molecule has 0 spiro atoms. The van der Waals surface area contributed by atoms with Crippen molar-refractivity contribution in [2.75, 3.05) is 0 Å². The zero-order chi connectivity index (χ0) is 15.1. The number of aryl methyl sites for hydroxylation is 1. The smallest absolute Gasteiger partial charge is 0.220 e. The Balaban J connectivity index is 2.14. The first-order valence-electron chi connectivity index (χ1n) is 6.53. The summed E-state index contributed by atoms with van der Waals surface area (Å²) in [7, 11) is 0. The molecule has 1 heterocycles. The number of phenols is 1. The molecule has 4 heteroatoms. The van der Waals surface area contributed by atoms with Crippen molar-refractivity contribution in [3.8, 4) is 11.5 Å². The summed E-state index contributed by atoms with van der Waals surface area (Å²) in [6.07, 6.45) is 6.26. The second-order valence-corrected chi connectivity index (χ2v) is 5.12. The molecule has 0 aromatic heterocycles. The first-order valence-corrected chi connectivity index (χ1v) is 6.53. The molecule has 3 rings (SSSR count). The maximum absolute atomic E-state index is 11.3. The maximum atomic E-state index is 11.3. The number of rotatable bonds is 0. The average molecular weight is 282 g/mol. The number of fused-ring (bicyclic) bond motifs is 1. The first kappa shape index (κ1) is 13.2. The maximum Gasteiger partial charge on any atom is 0.220 e. The van der Waals surface area contributed by atoms with Gasteiger partial charge in [0.1, 0.15) is 17.3 Å². The number of allylic oxidation sites excluding steroid dienone is 5. The largest absolute Gasteiger partial charge is 0.508 e. The lowest BCUT2D eigenvalue weighted by Gasteiger charge is -2.22. The summed E-state index contributed by atoms with van der Waals surface area (Å²) in [4.78, 5) is 11.3. The molecule has 0 amide bonds. The third-order valence-corrected chi connectivity index (χ3v) is 3.49. The second-order valence-electron chi connectivity index (χ2n) is 5.12. The molecular formula is C17H14O4. The van der Waals surface area contributed by atoms with Gasteiger partial charge >= 0.3 is 0 Å². The van der Waals surface area contributed by atoms with Crippen molar-refractivity contribution < 1.29 is 19.7 Å². The lowest BCUT2D eigenvalue weighted by Crippen LogP contribution is -2.10. The van der Waals surface area contributed by atoms with Crippen LogP contribution < -0.4 is 4.74 Å². The number of benzene rings is 1. The number of hydrogen-bond acceptors (Lipinski definition) is 4. The SMILES string of the molecule is CC1=Cc2c(C)cc(O)cc2O/C1=C1/C=CC(=O)C(O)=C1. The molecule has 1 aliphatic heterocycles. The van der Waals surface area contributed by atoms with Crippen LogP contribution in [0.2, 0.25) is 0 Å². The number of hydrogen-bond donors (Lipinski definition) is 2. The molecule has 0 radical (unpaired) electrons. The van der Waals surface area contributed by atoms with Gasteiger partial charge in [-0.1, -0.05) is 0 Å². The lowest BCUT2D eigenvalue weighted by molar-refractivity contribution is -0.113. The van der Waals surface area contributed by atoms with E-state index in [4.69, 9.17) is 4.74 Å². The van der Waals surface area contributed by atoms with E-state index in [1.54, 1.807) is 18.2 Å². The molecule has 21 heavy (non-hydrogen) atoms. The Hall–Kier alpha value is -2.75. The number of aliphatic hydroxyl groups is 1. The van der Waals surface area contributed by atoms with E-state index in [9.17, 15) is 15.0 Å². The highest BCUT2D eigenvalue weighted by Gasteiger charge is 2.21. The molecular weight excluding hydrogens is 268 g/mol. The van der Waals surface area contributed by atoms with Gasteiger partial charge in [0, 0.05) is 17.2 Å². The Bertz CT molecular complexity index is 776. The molecule has 1 aromatic rings. The Labute approximate surface area is 122 Å². The number of ketones is 1. The van der Waals surface area contributed by atoms with Crippen LogP contribution in [0.1, 0.15) is 18.1 Å². The number of carbonyl (C=O) groups excluding carboxylic acids is 1. The lowest BCUT2D eigenvalue weighted by atomic mass is 9.97. The number of aliphatic hydroxyl groups excluding tert-OH is 1. The molecule has 2 aliphatic rings. The fourth-order valence-electron chi connectivity index (χ4n) is 2.43. The molecule has 1 aromatic carbocycles. The van der Waals surface area contributed by atoms with Gasteiger partial charge in [0.2, 0.25) is 5.78 Å². The van der Waals surface area contributed by atoms with E-state index < -0.39 is 5.78 Å². The monoisotopic (exact) mass is 282 g/mol. The van der Waals surface area contributed by atoms with Crippen molar-refractivity contribution in [3.05, 3.63) is 64.2 Å². The van der Waals surface area contributed by atoms with E-state index >= 15 is 0 Å². The Morgan fingerprint density at radius 1 is 1.05 bits per heavy atom. The van der Waals surface area contributed by atoms with E-state index in [1.807, 2.05) is 19.9 Å². The van der Waals surface area contributed by atoms with Gasteiger partial charge in [0.05, 0.1) is 0 Å². The summed E-state index contributed by atoms with van der Waals surface area (Å²) in [5, 5.41) is 19.2. The molecule has 0 saturated heterocycles. The minimum atomic E-state index is -0.425. The van der Waals surface area contributed by atoms with Crippen molar-refractivity contribution in [3.63, 3.8) is 0 Å². The second kappa shape index (κ2) is 4.66. The number of carbonyl (C=O) groups is 1. The van der Waals surface area contributed by atoms with Gasteiger partial charge in [0.15, 0.2) is 5.76 Å². The van der Waals surface area contributed by atoms with Gasteiger partial charge < -0.3 is 14.9 Å². The van der Waals surface area contributed by atoms with Gasteiger partial charge in [-0.3, -0.25) is 4.79 Å². The van der Waals surface area contributed by atoms with Crippen molar-refractivity contribution in [1.29, 1.82) is 0 Å². The van der Waals surface area contributed by atoms with E-state index in [1.165, 1.54) is 12.2 Å². The van der Waals surface area contributed by atoms with Crippen LogP contribution in [0, 0.1) is 6.92 Å². The van der Waals surface area contributed by atoms with Crippen LogP contribution in [0.15, 0.2) is 53.0 Å². The highest BCUT2D eigenvalue weighted by Crippen LogP contribution is 2.38. The van der Waals surface area contributed by atoms with Crippen LogP contribution in [-0.2, 0) is 4.79 Å². The van der Waals surface area contributed by atoms with Crippen molar-refractivity contribution >= 4 is 11.9 Å². The van der Waals surface area contributed by atoms with Gasteiger partial charge in [-0.25, -0.2) is 0 Å². The van der Waals surface area contributed by atoms with Crippen LogP contribution >= 0.6 is 0 Å². The van der Waals surface area contributed by atoms with E-state index in [0.717, 1.165) is 16.7 Å². The van der Waals surface area contributed by atoms with E-state index in [0.29, 0.717) is 17.1 Å². The van der Waals surface area contributed by atoms with Gasteiger partial charge in [-0.15, -0.1) is 0 Å². The number of aromatic hydroxyl groups is 1. The standard InChI is InChI=1S/C17H14O4/c1-9-5-12(18)8-16-13(9)6-10(2)17(21-16)11-3-4-14(19)15(20)7-11/h3-8,18,20H,1-2H3/b17-11-. The minimum Gasteiger partial charge on any atom is -0.508 e. The fraction of sp³-hybridized carbons (Fsp3) is 0.118. The van der Waals surface area contributed by atoms with Crippen molar-refractivity contribution in [2.24, 2.45) is 0 Å². The summed E-state index contributed by atoms with van der Waals surface area (Å²) < 4.78 is 5.86. The molecule has 0 atom stereocenters. The van der Waals surface area contributed by atoms with Gasteiger partial charge in [-0.05, 0) is 55.4 Å². The van der Waals surface area contributed by atoms with E-state index in [-0.39, 0.29) is 11.5 Å². The summed E-state index contributed by atoms with van der Waals surface area (Å²) in [6, 6.07) is 3.22. The van der Waals surface area contributed by atoms with Gasteiger partial charge in [-0.2, -0.15) is 0 Å². The molecule has 0 saturated carbocycles. The predicted molar refractivity (Wildman–Crippen MR) is 79.0 cm³/mol. The molecule has 0 fully saturated rings. The number of phenolic OH excluding ortho intramolecular Hbond substituents is 1. The van der Waals surface area contributed by atoms with Crippen molar-refractivity contribution in [2.45, 2.75) is 13.8 Å². The minimum absolute atomic E-state index is 0.135. The fourth-order valence-corrected chi connectivity index (χ4v) is 2.43. The van der Waals surface area contributed by atoms with Crippen LogP contribution in [0.3, 0.4) is 0 Å². The topological polar surface area (TPSA) is 66.8 Å². The van der Waals surface area contributed by atoms with Crippen LogP contribution in [0.4, 0.5) is 0 Å². The predicted octanol–water partition coefficient (Wildman–Crippen LogP) is 3.33. The summed E-state index contributed by atoms with van der Waals surface area (Å²) in [5.74, 6) is 0.512. The zero-order valence-corrected chi connectivity index (χ0v) is 11.7. The number of ether oxygens (including phenoxy) is 1. The Kier molecular flexibility index (Phi) is 2.94. The molecule has 0 unspecified atom stereocenters. The van der Waals surface area contributed by atoms with Crippen LogP contribution in [0.25, 0.3) is 6.08 Å². The first-order chi connectivity index (χ1) is 9.95. The Morgan fingerprint density at radius 2 is 1.81 bits per heavy atom. The average Bonchev–Trinajstić information content (AvgIpc) is 2.42. The van der Waals surface area contributed by atoms with Crippen molar-refractivity contribution in [1.82, 2.24) is 0 Å². The molecule has 2 N–H and O–H groups in total. The quantitative estimate of drug-likeness (QED) is 0.766. The third kappa shape index (κ3) is 2.25. The third-order valence-electron chi connectivity index (χ3n) is 3.49. The summed E-state index contributed by atoms with van der Waals surface area (Å²) in [6.45, 7) is 3.79. The van der Waals surface area contributed by atoms with Crippen LogP contribution in [0.5, 0.6) is 11.5 Å². The normalized spacial score (nSPS) is 20.6. The summed E-state index contributed by atoms with van der Waals surface area (Å²) in [5.41, 5.74) is 3.33. The van der Waals surface area contributed by atoms with E-state index in [2.05, 4.69) is 0 Å². The van der Waals surface area contributed by atoms with Crippen LogP contribution in [-0.4, -0.2) is 16.0 Å². The summed E-state index contributed by atoms with van der Waals surface area (Å²) >= 11 is 0. The molecule has 1 aliphatic carbocycles. The zero-order valence-electron chi connectivity index (χ0n) is 11.7. The molecule has 0 bridgehead atoms. The Morgan fingerprint density at radius 3 is 2.52 bits per heavy atom. The highest BCUT2D eigenvalue weighted by atomic mass is 16.5. The molecule has 106 valence electrons. The molecule has 4 nitrogen and oxygen atoms in total. The highest BCUT2D eigenvalue weighted by molar-refractivity contribution is 6.04.